The van der Waals surface area contributed by atoms with Gasteiger partial charge in [-0.1, -0.05) is 0 Å². The van der Waals surface area contributed by atoms with Gasteiger partial charge in [-0.15, -0.1) is 0 Å². The van der Waals surface area contributed by atoms with Crippen molar-refractivity contribution >= 4 is 52.5 Å². The van der Waals surface area contributed by atoms with Gasteiger partial charge in [-0.25, -0.2) is 0 Å². The second-order valence-electron chi connectivity index (χ2n) is 7.54. The number of anilines is 2. The molecule has 0 unspecified atom stereocenters. The normalized spacial score (nSPS) is 11.8. The summed E-state index contributed by atoms with van der Waals surface area (Å²) >= 11 is -2.70. The summed E-state index contributed by atoms with van der Waals surface area (Å²) in [6.07, 6.45) is 0. The van der Waals surface area contributed by atoms with Crippen LogP contribution in [0.25, 0.3) is 10.8 Å². The molecular weight excluding hydrogens is 557 g/mol. The van der Waals surface area contributed by atoms with Gasteiger partial charge in [-0.3, -0.25) is 0 Å². The summed E-state index contributed by atoms with van der Waals surface area (Å²) < 4.78 is 34.9. The van der Waals surface area contributed by atoms with E-state index in [0.29, 0.717) is 0 Å². The maximum atomic E-state index is 13.5. The molecule has 0 aliphatic heterocycles. The van der Waals surface area contributed by atoms with Gasteiger partial charge in [0.2, 0.25) is 0 Å². The summed E-state index contributed by atoms with van der Waals surface area (Å²) in [4.78, 5) is 0.150. The van der Waals surface area contributed by atoms with Crippen LogP contribution >= 0.6 is 20.2 Å². The summed E-state index contributed by atoms with van der Waals surface area (Å²) in [5, 5.41) is 5.15. The van der Waals surface area contributed by atoms with Gasteiger partial charge >= 0.3 is 208 Å². The van der Waals surface area contributed by atoms with Gasteiger partial charge in [-0.05, 0) is 0 Å². The Hall–Kier alpha value is -3.20. The first-order chi connectivity index (χ1) is 16.6. The summed E-state index contributed by atoms with van der Waals surface area (Å²) in [6.45, 7) is 0. The fourth-order valence-electron chi connectivity index (χ4n) is 3.57. The molecule has 0 fully saturated rings. The molecule has 34 heavy (non-hydrogen) atoms. The molecule has 0 amide bonds. The fraction of sp³-hybridized carbons (Fsp3) is 0. The van der Waals surface area contributed by atoms with Crippen LogP contribution in [0.5, 0.6) is 0 Å². The Balaban J connectivity index is 1.53. The Labute approximate surface area is 207 Å². The molecule has 170 valence electrons. The molecule has 5 rings (SSSR count). The predicted molar refractivity (Wildman–Crippen MR) is 146 cm³/mol. The van der Waals surface area contributed by atoms with Crippen LogP contribution < -0.4 is 5.32 Å². The Morgan fingerprint density at radius 3 is 1.82 bits per heavy atom. The number of fused-ring (bicyclic) bond motifs is 1. The zero-order valence-electron chi connectivity index (χ0n) is 18.1. The third-order valence-corrected chi connectivity index (χ3v) is 12.5. The number of nitrogens with one attached hydrogen (secondary N) is 1. The molecular formula is C28H22INO3S. The van der Waals surface area contributed by atoms with Crippen LogP contribution in [0.2, 0.25) is 0 Å². The van der Waals surface area contributed by atoms with E-state index in [1.165, 1.54) is 0 Å². The van der Waals surface area contributed by atoms with E-state index in [1.807, 2.05) is 115 Å². The number of halogens is 1. The van der Waals surface area contributed by atoms with E-state index in [0.717, 1.165) is 29.3 Å². The Morgan fingerprint density at radius 2 is 1.21 bits per heavy atom. The number of para-hydroxylation sites is 1. The summed E-state index contributed by atoms with van der Waals surface area (Å²) in [5.41, 5.74) is 1.77. The first-order valence-corrected chi connectivity index (χ1v) is 15.1. The number of hydrogen-bond acceptors (Lipinski definition) is 4. The molecule has 0 bridgehead atoms. The Morgan fingerprint density at radius 1 is 0.618 bits per heavy atom. The molecule has 0 aliphatic carbocycles. The number of rotatable bonds is 7. The second-order valence-corrected chi connectivity index (χ2v) is 14.0. The molecule has 0 spiro atoms. The van der Waals surface area contributed by atoms with Gasteiger partial charge in [0, 0.05) is 0 Å². The van der Waals surface area contributed by atoms with Crippen LogP contribution in [-0.4, -0.2) is 8.42 Å². The van der Waals surface area contributed by atoms with Gasteiger partial charge in [0.15, 0.2) is 0 Å². The van der Waals surface area contributed by atoms with Crippen LogP contribution in [0, 0.1) is 7.14 Å². The standard InChI is InChI=1S/C28H22INO3S/c31-34(32,33-29(23-12-4-1-5-13-23)24-14-6-2-7-15-24)26-20-19-22-11-10-18-28(27(22)21-26)30-25-16-8-3-9-17-25/h1-21,30H. The minimum atomic E-state index is -4.00. The molecule has 1 N–H and O–H groups in total. The Bertz CT molecular complexity index is 1470. The number of hydrogen-bond donors (Lipinski definition) is 1. The molecule has 0 aliphatic rings. The average Bonchev–Trinajstić information content (AvgIpc) is 2.89. The molecule has 5 aromatic carbocycles. The van der Waals surface area contributed by atoms with Crippen molar-refractivity contribution in [2.45, 2.75) is 4.90 Å². The molecule has 0 aromatic heterocycles. The molecule has 0 radical (unpaired) electrons. The van der Waals surface area contributed by atoms with Crippen LogP contribution in [0.4, 0.5) is 11.4 Å². The van der Waals surface area contributed by atoms with Crippen molar-refractivity contribution in [2.24, 2.45) is 0 Å². The molecule has 4 nitrogen and oxygen atoms in total. The minimum absolute atomic E-state index is 0.150. The van der Waals surface area contributed by atoms with Crippen LogP contribution in [-0.2, 0) is 12.6 Å². The predicted octanol–water partition coefficient (Wildman–Crippen LogP) is 7.45. The van der Waals surface area contributed by atoms with Crippen LogP contribution in [0.3, 0.4) is 0 Å². The second kappa shape index (κ2) is 9.97. The van der Waals surface area contributed by atoms with E-state index >= 15 is 0 Å². The summed E-state index contributed by atoms with van der Waals surface area (Å²) in [5.74, 6) is 0. The summed E-state index contributed by atoms with van der Waals surface area (Å²) in [7, 11) is -4.00. The monoisotopic (exact) mass is 579 g/mol. The zero-order valence-corrected chi connectivity index (χ0v) is 21.1. The Kier molecular flexibility index (Phi) is 6.62. The maximum absolute atomic E-state index is 13.5. The van der Waals surface area contributed by atoms with Crippen molar-refractivity contribution in [1.82, 2.24) is 0 Å². The topological polar surface area (TPSA) is 55.4 Å². The fourth-order valence-corrected chi connectivity index (χ4v) is 10.6. The van der Waals surface area contributed by atoms with E-state index in [4.69, 9.17) is 2.51 Å². The molecule has 5 aromatic rings. The molecule has 0 saturated heterocycles. The van der Waals surface area contributed by atoms with Crippen molar-refractivity contribution in [3.63, 3.8) is 0 Å². The number of benzene rings is 5. The third kappa shape index (κ3) is 4.99. The van der Waals surface area contributed by atoms with E-state index in [1.54, 1.807) is 12.1 Å². The van der Waals surface area contributed by atoms with Crippen molar-refractivity contribution < 1.29 is 10.9 Å². The molecule has 0 saturated carbocycles. The van der Waals surface area contributed by atoms with E-state index < -0.39 is 30.4 Å². The van der Waals surface area contributed by atoms with Crippen LogP contribution in [0.15, 0.2) is 132 Å². The molecule has 0 heterocycles. The van der Waals surface area contributed by atoms with Gasteiger partial charge in [0.1, 0.15) is 0 Å². The van der Waals surface area contributed by atoms with E-state index in [-0.39, 0.29) is 4.90 Å². The van der Waals surface area contributed by atoms with Gasteiger partial charge in [-0.2, -0.15) is 0 Å². The van der Waals surface area contributed by atoms with Crippen molar-refractivity contribution in [2.75, 3.05) is 5.32 Å². The third-order valence-electron chi connectivity index (χ3n) is 5.20. The van der Waals surface area contributed by atoms with Gasteiger partial charge in [0.25, 0.3) is 0 Å². The first kappa shape index (κ1) is 22.6. The van der Waals surface area contributed by atoms with Crippen molar-refractivity contribution in [1.29, 1.82) is 0 Å². The van der Waals surface area contributed by atoms with Gasteiger partial charge in [0.05, 0.1) is 0 Å². The first-order valence-electron chi connectivity index (χ1n) is 10.7. The molecule has 0 atom stereocenters. The quantitative estimate of drug-likeness (QED) is 0.204. The SMILES string of the molecule is O=S(=O)(OI(c1ccccc1)c1ccccc1)c1ccc2cccc(Nc3ccccc3)c2c1. The van der Waals surface area contributed by atoms with Crippen molar-refractivity contribution in [3.05, 3.63) is 135 Å². The van der Waals surface area contributed by atoms with Gasteiger partial charge < -0.3 is 0 Å². The summed E-state index contributed by atoms with van der Waals surface area (Å²) in [6, 6.07) is 40.1. The average molecular weight is 579 g/mol. The van der Waals surface area contributed by atoms with Crippen LogP contribution in [0.1, 0.15) is 0 Å². The zero-order chi connectivity index (χ0) is 23.4. The van der Waals surface area contributed by atoms with E-state index in [2.05, 4.69) is 5.32 Å². The van der Waals surface area contributed by atoms with Crippen molar-refractivity contribution in [3.8, 4) is 0 Å². The molecule has 6 heteroatoms. The van der Waals surface area contributed by atoms with E-state index in [9.17, 15) is 8.42 Å².